The molecule has 5 nitrogen and oxygen atoms in total. The number of rotatable bonds is 3. The molecule has 1 aliphatic rings. The Morgan fingerprint density at radius 1 is 1.39 bits per heavy atom. The molecule has 0 atom stereocenters. The zero-order chi connectivity index (χ0) is 13.0. The highest BCUT2D eigenvalue weighted by atomic mass is 16.3. The molecular weight excluding hydrogens is 230 g/mol. The number of nitrogens with two attached hydrogens (primary N) is 1. The maximum atomic E-state index is 11.6. The van der Waals surface area contributed by atoms with Gasteiger partial charge < -0.3 is 21.5 Å². The lowest BCUT2D eigenvalue weighted by atomic mass is 10.2. The molecule has 5 heteroatoms. The van der Waals surface area contributed by atoms with Gasteiger partial charge in [0, 0.05) is 23.8 Å². The fourth-order valence-corrected chi connectivity index (χ4v) is 2.23. The molecule has 0 aliphatic heterocycles. The zero-order valence-electron chi connectivity index (χ0n) is 10.3. The smallest absolute Gasteiger partial charge is 0.315 e. The van der Waals surface area contributed by atoms with Gasteiger partial charge in [0.2, 0.25) is 0 Å². The maximum Gasteiger partial charge on any atom is 0.315 e. The number of hydrogen-bond donors (Lipinski definition) is 4. The van der Waals surface area contributed by atoms with Crippen LogP contribution < -0.4 is 16.4 Å². The van der Waals surface area contributed by atoms with Gasteiger partial charge in [0.05, 0.1) is 0 Å². The SMILES string of the molecule is Nc1ccc(O)c(CNC(=O)NC2CCCC2)c1. The molecule has 1 aromatic carbocycles. The number of carbonyl (C=O) groups is 1. The van der Waals surface area contributed by atoms with Crippen molar-refractivity contribution in [2.75, 3.05) is 5.73 Å². The third-order valence-corrected chi connectivity index (χ3v) is 3.23. The third kappa shape index (κ3) is 3.29. The second kappa shape index (κ2) is 5.62. The number of amides is 2. The molecule has 18 heavy (non-hydrogen) atoms. The van der Waals surface area contributed by atoms with Gasteiger partial charge in [-0.05, 0) is 31.0 Å². The monoisotopic (exact) mass is 249 g/mol. The van der Waals surface area contributed by atoms with Crippen molar-refractivity contribution in [1.29, 1.82) is 0 Å². The first kappa shape index (κ1) is 12.5. The van der Waals surface area contributed by atoms with E-state index in [0.717, 1.165) is 12.8 Å². The Morgan fingerprint density at radius 2 is 2.11 bits per heavy atom. The van der Waals surface area contributed by atoms with Gasteiger partial charge in [0.15, 0.2) is 0 Å². The average Bonchev–Trinajstić information content (AvgIpc) is 2.83. The molecule has 0 aromatic heterocycles. The van der Waals surface area contributed by atoms with Crippen LogP contribution in [0.3, 0.4) is 0 Å². The van der Waals surface area contributed by atoms with Crippen molar-refractivity contribution in [2.24, 2.45) is 0 Å². The van der Waals surface area contributed by atoms with Crippen LogP contribution in [0.2, 0.25) is 0 Å². The number of anilines is 1. The van der Waals surface area contributed by atoms with E-state index in [1.807, 2.05) is 0 Å². The van der Waals surface area contributed by atoms with E-state index in [-0.39, 0.29) is 18.3 Å². The number of hydrogen-bond acceptors (Lipinski definition) is 3. The molecule has 0 saturated heterocycles. The quantitative estimate of drug-likeness (QED) is 0.486. The highest BCUT2D eigenvalue weighted by Gasteiger charge is 2.16. The summed E-state index contributed by atoms with van der Waals surface area (Å²) in [6.45, 7) is 0.273. The molecule has 2 amide bonds. The first-order valence-corrected chi connectivity index (χ1v) is 6.27. The van der Waals surface area contributed by atoms with Gasteiger partial charge in [-0.2, -0.15) is 0 Å². The van der Waals surface area contributed by atoms with Crippen molar-refractivity contribution in [2.45, 2.75) is 38.3 Å². The number of phenolic OH excluding ortho intramolecular Hbond substituents is 1. The van der Waals surface area contributed by atoms with Crippen molar-refractivity contribution in [3.05, 3.63) is 23.8 Å². The van der Waals surface area contributed by atoms with Gasteiger partial charge in [-0.3, -0.25) is 0 Å². The van der Waals surface area contributed by atoms with Crippen molar-refractivity contribution in [3.63, 3.8) is 0 Å². The molecule has 0 radical (unpaired) electrons. The molecule has 0 heterocycles. The second-order valence-electron chi connectivity index (χ2n) is 4.70. The van der Waals surface area contributed by atoms with Crippen molar-refractivity contribution >= 4 is 11.7 Å². The van der Waals surface area contributed by atoms with Crippen molar-refractivity contribution in [1.82, 2.24) is 10.6 Å². The van der Waals surface area contributed by atoms with Crippen LogP contribution in [0, 0.1) is 0 Å². The number of nitrogen functional groups attached to an aromatic ring is 1. The zero-order valence-corrected chi connectivity index (χ0v) is 10.3. The molecule has 1 saturated carbocycles. The number of carbonyl (C=O) groups excluding carboxylic acids is 1. The Labute approximate surface area is 106 Å². The molecular formula is C13H19N3O2. The average molecular weight is 249 g/mol. The van der Waals surface area contributed by atoms with E-state index in [4.69, 9.17) is 5.73 Å². The van der Waals surface area contributed by atoms with E-state index in [2.05, 4.69) is 10.6 Å². The van der Waals surface area contributed by atoms with Crippen molar-refractivity contribution in [3.8, 4) is 5.75 Å². The predicted octanol–water partition coefficient (Wildman–Crippen LogP) is 1.72. The molecule has 0 bridgehead atoms. The Kier molecular flexibility index (Phi) is 3.92. The molecule has 1 fully saturated rings. The van der Waals surface area contributed by atoms with Crippen LogP contribution in [0.25, 0.3) is 0 Å². The third-order valence-electron chi connectivity index (χ3n) is 3.23. The first-order valence-electron chi connectivity index (χ1n) is 6.27. The summed E-state index contributed by atoms with van der Waals surface area (Å²) >= 11 is 0. The lowest BCUT2D eigenvalue weighted by Crippen LogP contribution is -2.40. The first-order chi connectivity index (χ1) is 8.65. The second-order valence-corrected chi connectivity index (χ2v) is 4.70. The van der Waals surface area contributed by atoms with Gasteiger partial charge in [-0.15, -0.1) is 0 Å². The summed E-state index contributed by atoms with van der Waals surface area (Å²) in [7, 11) is 0. The van der Waals surface area contributed by atoms with E-state index >= 15 is 0 Å². The minimum absolute atomic E-state index is 0.144. The summed E-state index contributed by atoms with van der Waals surface area (Å²) in [5, 5.41) is 15.3. The lowest BCUT2D eigenvalue weighted by molar-refractivity contribution is 0.236. The highest BCUT2D eigenvalue weighted by Crippen LogP contribution is 2.19. The van der Waals surface area contributed by atoms with Crippen LogP contribution in [-0.4, -0.2) is 17.2 Å². The molecule has 0 spiro atoms. The number of benzene rings is 1. The summed E-state index contributed by atoms with van der Waals surface area (Å²) in [5.74, 6) is 0.144. The molecule has 1 aliphatic carbocycles. The largest absolute Gasteiger partial charge is 0.508 e. The summed E-state index contributed by atoms with van der Waals surface area (Å²) in [4.78, 5) is 11.6. The standard InChI is InChI=1S/C13H19N3O2/c14-10-5-6-12(17)9(7-10)8-15-13(18)16-11-3-1-2-4-11/h5-7,11,17H,1-4,8,14H2,(H2,15,16,18). The Balaban J connectivity index is 1.83. The van der Waals surface area contributed by atoms with Gasteiger partial charge >= 0.3 is 6.03 Å². The summed E-state index contributed by atoms with van der Waals surface area (Å²) in [6, 6.07) is 4.91. The minimum Gasteiger partial charge on any atom is -0.508 e. The summed E-state index contributed by atoms with van der Waals surface area (Å²) < 4.78 is 0. The maximum absolute atomic E-state index is 11.6. The Morgan fingerprint density at radius 3 is 2.83 bits per heavy atom. The van der Waals surface area contributed by atoms with Crippen LogP contribution in [0.5, 0.6) is 5.75 Å². The topological polar surface area (TPSA) is 87.4 Å². The summed E-state index contributed by atoms with van der Waals surface area (Å²) in [5.41, 5.74) is 6.82. The molecule has 1 aromatic rings. The van der Waals surface area contributed by atoms with Gasteiger partial charge in [0.1, 0.15) is 5.75 Å². The number of nitrogens with one attached hydrogen (secondary N) is 2. The Hall–Kier alpha value is -1.91. The fourth-order valence-electron chi connectivity index (χ4n) is 2.23. The van der Waals surface area contributed by atoms with E-state index in [1.165, 1.54) is 18.9 Å². The summed E-state index contributed by atoms with van der Waals surface area (Å²) in [6.07, 6.45) is 4.47. The normalized spacial score (nSPS) is 15.6. The number of phenols is 1. The van der Waals surface area contributed by atoms with Crippen LogP contribution in [0.1, 0.15) is 31.2 Å². The van der Waals surface area contributed by atoms with Crippen LogP contribution in [-0.2, 0) is 6.54 Å². The van der Waals surface area contributed by atoms with Gasteiger partial charge in [-0.1, -0.05) is 12.8 Å². The van der Waals surface area contributed by atoms with E-state index in [1.54, 1.807) is 12.1 Å². The van der Waals surface area contributed by atoms with Crippen LogP contribution >= 0.6 is 0 Å². The van der Waals surface area contributed by atoms with E-state index in [9.17, 15) is 9.90 Å². The molecule has 2 rings (SSSR count). The molecule has 5 N–H and O–H groups in total. The van der Waals surface area contributed by atoms with E-state index < -0.39 is 0 Å². The van der Waals surface area contributed by atoms with Crippen LogP contribution in [0.15, 0.2) is 18.2 Å². The van der Waals surface area contributed by atoms with E-state index in [0.29, 0.717) is 17.3 Å². The fraction of sp³-hybridized carbons (Fsp3) is 0.462. The number of aromatic hydroxyl groups is 1. The Bertz CT molecular complexity index is 428. The van der Waals surface area contributed by atoms with Gasteiger partial charge in [0.25, 0.3) is 0 Å². The van der Waals surface area contributed by atoms with Gasteiger partial charge in [-0.25, -0.2) is 4.79 Å². The predicted molar refractivity (Wildman–Crippen MR) is 70.1 cm³/mol. The van der Waals surface area contributed by atoms with Crippen molar-refractivity contribution < 1.29 is 9.90 Å². The molecule has 0 unspecified atom stereocenters. The molecule has 98 valence electrons. The number of urea groups is 1. The van der Waals surface area contributed by atoms with Crippen LogP contribution in [0.4, 0.5) is 10.5 Å². The minimum atomic E-state index is -0.191. The lowest BCUT2D eigenvalue weighted by Gasteiger charge is -2.13. The highest BCUT2D eigenvalue weighted by molar-refractivity contribution is 5.74.